The largest absolute Gasteiger partial charge is 0.504 e. The zero-order valence-corrected chi connectivity index (χ0v) is 10.2. The number of benzene rings is 1. The maximum absolute atomic E-state index is 9.65. The van der Waals surface area contributed by atoms with Gasteiger partial charge in [-0.15, -0.1) is 0 Å². The minimum atomic E-state index is 0.0737. The lowest BCUT2D eigenvalue weighted by atomic mass is 10.3. The Labute approximate surface area is 106 Å². The number of hydrogen-bond acceptors (Lipinski definition) is 4. The van der Waals surface area contributed by atoms with E-state index in [0.29, 0.717) is 24.0 Å². The van der Waals surface area contributed by atoms with Crippen molar-refractivity contribution in [1.82, 2.24) is 4.98 Å². The zero-order chi connectivity index (χ0) is 12.8. The Bertz CT molecular complexity index is 514. The molecule has 0 bridgehead atoms. The maximum Gasteiger partial charge on any atom is 0.262 e. The number of phenols is 1. The van der Waals surface area contributed by atoms with Crippen LogP contribution in [0.5, 0.6) is 23.1 Å². The lowest BCUT2D eigenvalue weighted by Gasteiger charge is -2.11. The smallest absolute Gasteiger partial charge is 0.262 e. The summed E-state index contributed by atoms with van der Waals surface area (Å²) < 4.78 is 11.1. The monoisotopic (exact) mass is 245 g/mol. The van der Waals surface area contributed by atoms with Crippen molar-refractivity contribution < 1.29 is 14.6 Å². The Kier molecular flexibility index (Phi) is 4.02. The van der Waals surface area contributed by atoms with E-state index in [0.717, 1.165) is 6.42 Å². The summed E-state index contributed by atoms with van der Waals surface area (Å²) in [5.74, 6) is 1.36. The lowest BCUT2D eigenvalue weighted by molar-refractivity contribution is 0.295. The van der Waals surface area contributed by atoms with Gasteiger partial charge in [-0.25, -0.2) is 4.98 Å². The molecule has 4 nitrogen and oxygen atoms in total. The van der Waals surface area contributed by atoms with Gasteiger partial charge in [-0.05, 0) is 30.7 Å². The Hall–Kier alpha value is -2.23. The van der Waals surface area contributed by atoms with Gasteiger partial charge in [0.15, 0.2) is 17.2 Å². The molecular weight excluding hydrogens is 230 g/mol. The Morgan fingerprint density at radius 2 is 1.89 bits per heavy atom. The highest BCUT2D eigenvalue weighted by Gasteiger charge is 2.09. The fraction of sp³-hybridized carbons (Fsp3) is 0.214. The van der Waals surface area contributed by atoms with E-state index in [1.54, 1.807) is 42.6 Å². The van der Waals surface area contributed by atoms with Gasteiger partial charge in [-0.2, -0.15) is 0 Å². The number of rotatable bonds is 5. The van der Waals surface area contributed by atoms with Crippen LogP contribution in [0.15, 0.2) is 42.6 Å². The van der Waals surface area contributed by atoms with E-state index in [2.05, 4.69) is 4.98 Å². The maximum atomic E-state index is 9.65. The van der Waals surface area contributed by atoms with Gasteiger partial charge in [-0.1, -0.05) is 19.1 Å². The summed E-state index contributed by atoms with van der Waals surface area (Å²) >= 11 is 0. The van der Waals surface area contributed by atoms with Gasteiger partial charge in [-0.3, -0.25) is 0 Å². The second-order valence-electron chi connectivity index (χ2n) is 3.72. The molecule has 0 fully saturated rings. The van der Waals surface area contributed by atoms with Crippen LogP contribution in [0.25, 0.3) is 0 Å². The van der Waals surface area contributed by atoms with E-state index >= 15 is 0 Å². The average molecular weight is 245 g/mol. The van der Waals surface area contributed by atoms with Crippen LogP contribution in [-0.4, -0.2) is 16.7 Å². The molecule has 0 atom stereocenters. The van der Waals surface area contributed by atoms with E-state index < -0.39 is 0 Å². The number of aromatic hydroxyl groups is 1. The SMILES string of the molecule is CCCOc1cccnc1Oc1ccccc1O. The first-order valence-electron chi connectivity index (χ1n) is 5.85. The van der Waals surface area contributed by atoms with Crippen molar-refractivity contribution in [2.75, 3.05) is 6.61 Å². The highest BCUT2D eigenvalue weighted by molar-refractivity contribution is 5.43. The summed E-state index contributed by atoms with van der Waals surface area (Å²) in [5, 5.41) is 9.65. The molecule has 0 unspecified atom stereocenters. The number of para-hydroxylation sites is 2. The van der Waals surface area contributed by atoms with Gasteiger partial charge in [0.05, 0.1) is 6.61 Å². The van der Waals surface area contributed by atoms with Crippen molar-refractivity contribution in [2.24, 2.45) is 0 Å². The molecule has 1 heterocycles. The first-order valence-corrected chi connectivity index (χ1v) is 5.85. The van der Waals surface area contributed by atoms with Crippen molar-refractivity contribution in [3.8, 4) is 23.1 Å². The molecule has 0 aliphatic rings. The number of pyridine rings is 1. The first kappa shape index (κ1) is 12.2. The van der Waals surface area contributed by atoms with E-state index in [4.69, 9.17) is 9.47 Å². The normalized spacial score (nSPS) is 10.1. The third kappa shape index (κ3) is 2.91. The molecule has 18 heavy (non-hydrogen) atoms. The molecule has 0 saturated carbocycles. The summed E-state index contributed by atoms with van der Waals surface area (Å²) in [6.45, 7) is 2.63. The van der Waals surface area contributed by atoms with E-state index in [9.17, 15) is 5.11 Å². The molecule has 1 aromatic carbocycles. The summed E-state index contributed by atoms with van der Waals surface area (Å²) in [6, 6.07) is 10.3. The highest BCUT2D eigenvalue weighted by atomic mass is 16.5. The van der Waals surface area contributed by atoms with Gasteiger partial charge >= 0.3 is 0 Å². The van der Waals surface area contributed by atoms with Gasteiger partial charge in [0, 0.05) is 6.20 Å². The standard InChI is InChI=1S/C14H15NO3/c1-2-10-17-13-8-5-9-15-14(13)18-12-7-4-3-6-11(12)16/h3-9,16H,2,10H2,1H3. The Balaban J connectivity index is 2.21. The molecule has 94 valence electrons. The Morgan fingerprint density at radius 3 is 2.67 bits per heavy atom. The van der Waals surface area contributed by atoms with Gasteiger partial charge in [0.25, 0.3) is 5.88 Å². The molecule has 2 aromatic rings. The summed E-state index contributed by atoms with van der Waals surface area (Å²) in [7, 11) is 0. The van der Waals surface area contributed by atoms with Gasteiger partial charge in [0.2, 0.25) is 0 Å². The molecule has 4 heteroatoms. The first-order chi connectivity index (χ1) is 8.81. The van der Waals surface area contributed by atoms with E-state index in [-0.39, 0.29) is 5.75 Å². The minimum absolute atomic E-state index is 0.0737. The summed E-state index contributed by atoms with van der Waals surface area (Å²) in [4.78, 5) is 4.11. The predicted octanol–water partition coefficient (Wildman–Crippen LogP) is 3.37. The van der Waals surface area contributed by atoms with E-state index in [1.807, 2.05) is 6.92 Å². The topological polar surface area (TPSA) is 51.6 Å². The number of ether oxygens (including phenoxy) is 2. The molecule has 0 aliphatic carbocycles. The van der Waals surface area contributed by atoms with Crippen molar-refractivity contribution >= 4 is 0 Å². The lowest BCUT2D eigenvalue weighted by Crippen LogP contribution is -1.98. The third-order valence-electron chi connectivity index (χ3n) is 2.27. The molecule has 0 amide bonds. The van der Waals surface area contributed by atoms with Crippen molar-refractivity contribution in [1.29, 1.82) is 0 Å². The minimum Gasteiger partial charge on any atom is -0.504 e. The Morgan fingerprint density at radius 1 is 1.11 bits per heavy atom. The molecule has 1 N–H and O–H groups in total. The highest BCUT2D eigenvalue weighted by Crippen LogP contribution is 2.33. The van der Waals surface area contributed by atoms with E-state index in [1.165, 1.54) is 0 Å². The zero-order valence-electron chi connectivity index (χ0n) is 10.2. The van der Waals surface area contributed by atoms with Crippen LogP contribution >= 0.6 is 0 Å². The molecule has 2 rings (SSSR count). The van der Waals surface area contributed by atoms with Gasteiger partial charge in [0.1, 0.15) is 0 Å². The third-order valence-corrected chi connectivity index (χ3v) is 2.27. The van der Waals surface area contributed by atoms with Crippen molar-refractivity contribution in [3.63, 3.8) is 0 Å². The molecule has 1 aromatic heterocycles. The average Bonchev–Trinajstić information content (AvgIpc) is 2.40. The number of phenolic OH excluding ortho intramolecular Hbond substituents is 1. The van der Waals surface area contributed by atoms with Crippen LogP contribution in [0, 0.1) is 0 Å². The molecule has 0 spiro atoms. The second kappa shape index (κ2) is 5.91. The van der Waals surface area contributed by atoms with Crippen LogP contribution in [0.2, 0.25) is 0 Å². The number of nitrogens with zero attached hydrogens (tertiary/aromatic N) is 1. The fourth-order valence-electron chi connectivity index (χ4n) is 1.42. The van der Waals surface area contributed by atoms with Crippen LogP contribution in [0.3, 0.4) is 0 Å². The van der Waals surface area contributed by atoms with Crippen molar-refractivity contribution in [2.45, 2.75) is 13.3 Å². The van der Waals surface area contributed by atoms with Crippen molar-refractivity contribution in [3.05, 3.63) is 42.6 Å². The summed E-state index contributed by atoms with van der Waals surface area (Å²) in [5.41, 5.74) is 0. The predicted molar refractivity (Wildman–Crippen MR) is 68.2 cm³/mol. The van der Waals surface area contributed by atoms with Crippen LogP contribution in [0.1, 0.15) is 13.3 Å². The van der Waals surface area contributed by atoms with Crippen LogP contribution in [0.4, 0.5) is 0 Å². The molecular formula is C14H15NO3. The molecule has 0 radical (unpaired) electrons. The summed E-state index contributed by atoms with van der Waals surface area (Å²) in [6.07, 6.45) is 2.53. The number of hydrogen-bond donors (Lipinski definition) is 1. The second-order valence-corrected chi connectivity index (χ2v) is 3.72. The van der Waals surface area contributed by atoms with Crippen LogP contribution in [-0.2, 0) is 0 Å². The fourth-order valence-corrected chi connectivity index (χ4v) is 1.42. The molecule has 0 aliphatic heterocycles. The van der Waals surface area contributed by atoms with Gasteiger partial charge < -0.3 is 14.6 Å². The quantitative estimate of drug-likeness (QED) is 0.877. The molecule has 0 saturated heterocycles. The van der Waals surface area contributed by atoms with Crippen LogP contribution < -0.4 is 9.47 Å². The number of aromatic nitrogens is 1.